The highest BCUT2D eigenvalue weighted by Gasteiger charge is 2.50. The van der Waals surface area contributed by atoms with Crippen LogP contribution in [-0.4, -0.2) is 89.2 Å². The van der Waals surface area contributed by atoms with Gasteiger partial charge in [0.25, 0.3) is 0 Å². The van der Waals surface area contributed by atoms with Gasteiger partial charge in [-0.25, -0.2) is 4.79 Å². The minimum absolute atomic E-state index is 0.0539. The third-order valence-electron chi connectivity index (χ3n) is 14.2. The van der Waals surface area contributed by atoms with Gasteiger partial charge in [0.2, 0.25) is 0 Å². The number of ether oxygens (including phenoxy) is 5. The molecular formula is C67H114O12. The van der Waals surface area contributed by atoms with Crippen LogP contribution < -0.4 is 0 Å². The van der Waals surface area contributed by atoms with Crippen molar-refractivity contribution < 1.29 is 58.2 Å². The van der Waals surface area contributed by atoms with Crippen molar-refractivity contribution in [2.24, 2.45) is 0 Å². The molecule has 6 unspecified atom stereocenters. The standard InChI is InChI=1S/C67H114O12/c1-4-7-10-13-16-19-22-25-28-29-30-31-34-37-40-43-46-49-52-55-61(70)78-65-63(72)62(71)64(66(73)74)79-67(65)76-57-58(77-60(69)54-51-48-45-42-39-36-33-27-24-21-18-15-12-9-6-3)56-75-59(68)53-50-47-44-41-38-35-32-26-23-20-17-14-11-8-5-2/h8,11,17-18,20-21,25-28,32-33,58,62-65,67,71-72H,4-7,9-10,12-16,19,22-24,29-31,34-57H2,1-3H3,(H,73,74)/b11-8-,20-17-,21-18-,28-25-,32-26-,33-27-. The maximum Gasteiger partial charge on any atom is 0.335 e. The Labute approximate surface area is 480 Å². The van der Waals surface area contributed by atoms with Gasteiger partial charge in [0.15, 0.2) is 24.6 Å². The van der Waals surface area contributed by atoms with Crippen LogP contribution in [0.15, 0.2) is 72.9 Å². The molecule has 12 nitrogen and oxygen atoms in total. The summed E-state index contributed by atoms with van der Waals surface area (Å²) < 4.78 is 28.5. The van der Waals surface area contributed by atoms with Crippen LogP contribution in [0.2, 0.25) is 0 Å². The lowest BCUT2D eigenvalue weighted by Gasteiger charge is -2.40. The lowest BCUT2D eigenvalue weighted by molar-refractivity contribution is -0.301. The molecule has 3 N–H and O–H groups in total. The zero-order valence-corrected chi connectivity index (χ0v) is 50.1. The molecule has 12 heteroatoms. The molecule has 79 heavy (non-hydrogen) atoms. The molecule has 1 heterocycles. The highest BCUT2D eigenvalue weighted by molar-refractivity contribution is 5.74. The minimum Gasteiger partial charge on any atom is -0.479 e. The van der Waals surface area contributed by atoms with Crippen molar-refractivity contribution in [2.75, 3.05) is 13.2 Å². The van der Waals surface area contributed by atoms with Gasteiger partial charge in [-0.2, -0.15) is 0 Å². The second-order valence-corrected chi connectivity index (χ2v) is 21.7. The normalized spacial score (nSPS) is 18.3. The number of unbranched alkanes of at least 4 members (excludes halogenated alkanes) is 28. The van der Waals surface area contributed by atoms with E-state index in [0.29, 0.717) is 19.3 Å². The molecular weight excluding hydrogens is 997 g/mol. The van der Waals surface area contributed by atoms with Crippen LogP contribution in [0, 0.1) is 0 Å². The molecule has 0 radical (unpaired) electrons. The van der Waals surface area contributed by atoms with Crippen molar-refractivity contribution in [2.45, 2.75) is 314 Å². The number of hydrogen-bond donors (Lipinski definition) is 3. The third kappa shape index (κ3) is 44.5. The Kier molecular flexibility index (Phi) is 50.7. The molecule has 0 aromatic rings. The number of carbonyl (C=O) groups excluding carboxylic acids is 3. The maximum atomic E-state index is 13.2. The summed E-state index contributed by atoms with van der Waals surface area (Å²) >= 11 is 0. The lowest BCUT2D eigenvalue weighted by atomic mass is 9.98. The van der Waals surface area contributed by atoms with E-state index in [1.54, 1.807) is 0 Å². The number of aliphatic carboxylic acids is 1. The average Bonchev–Trinajstić information content (AvgIpc) is 3.46. The van der Waals surface area contributed by atoms with E-state index in [-0.39, 0.29) is 25.9 Å². The van der Waals surface area contributed by atoms with Gasteiger partial charge in [-0.05, 0) is 109 Å². The van der Waals surface area contributed by atoms with Crippen LogP contribution in [0.25, 0.3) is 0 Å². The van der Waals surface area contributed by atoms with E-state index in [4.69, 9.17) is 23.7 Å². The van der Waals surface area contributed by atoms with E-state index in [1.807, 2.05) is 0 Å². The topological polar surface area (TPSA) is 175 Å². The van der Waals surface area contributed by atoms with E-state index in [2.05, 4.69) is 93.7 Å². The number of aliphatic hydroxyl groups excluding tert-OH is 2. The molecule has 0 bridgehead atoms. The zero-order chi connectivity index (χ0) is 57.5. The smallest absolute Gasteiger partial charge is 0.335 e. The average molecular weight is 1110 g/mol. The molecule has 0 amide bonds. The quantitative estimate of drug-likeness (QED) is 0.0228. The van der Waals surface area contributed by atoms with Crippen LogP contribution in [0.1, 0.15) is 278 Å². The minimum atomic E-state index is -1.91. The van der Waals surface area contributed by atoms with Crippen molar-refractivity contribution in [3.05, 3.63) is 72.9 Å². The van der Waals surface area contributed by atoms with Gasteiger partial charge in [-0.3, -0.25) is 14.4 Å². The number of rotatable bonds is 54. The van der Waals surface area contributed by atoms with Gasteiger partial charge < -0.3 is 39.0 Å². The molecule has 1 saturated heterocycles. The Morgan fingerprint density at radius 2 is 0.797 bits per heavy atom. The molecule has 0 aromatic carbocycles. The third-order valence-corrected chi connectivity index (χ3v) is 14.2. The van der Waals surface area contributed by atoms with Gasteiger partial charge in [-0.15, -0.1) is 0 Å². The molecule has 1 rings (SSSR count). The number of esters is 3. The molecule has 1 fully saturated rings. The van der Waals surface area contributed by atoms with E-state index >= 15 is 0 Å². The Morgan fingerprint density at radius 1 is 0.430 bits per heavy atom. The Morgan fingerprint density at radius 3 is 1.25 bits per heavy atom. The Balaban J connectivity index is 2.67. The van der Waals surface area contributed by atoms with Gasteiger partial charge in [0.05, 0.1) is 6.61 Å². The first-order valence-corrected chi connectivity index (χ1v) is 31.9. The van der Waals surface area contributed by atoms with Crippen LogP contribution in [0.5, 0.6) is 0 Å². The van der Waals surface area contributed by atoms with Gasteiger partial charge in [0.1, 0.15) is 18.8 Å². The van der Waals surface area contributed by atoms with E-state index in [1.165, 1.54) is 89.9 Å². The number of carbonyl (C=O) groups is 4. The van der Waals surface area contributed by atoms with Gasteiger partial charge in [0, 0.05) is 19.3 Å². The fourth-order valence-corrected chi connectivity index (χ4v) is 9.35. The number of carboxylic acids is 1. The second-order valence-electron chi connectivity index (χ2n) is 21.7. The van der Waals surface area contributed by atoms with E-state index in [9.17, 15) is 34.5 Å². The van der Waals surface area contributed by atoms with Crippen molar-refractivity contribution in [3.63, 3.8) is 0 Å². The molecule has 454 valence electrons. The first-order valence-electron chi connectivity index (χ1n) is 31.9. The van der Waals surface area contributed by atoms with Crippen molar-refractivity contribution >= 4 is 23.9 Å². The van der Waals surface area contributed by atoms with Crippen LogP contribution in [-0.2, 0) is 42.9 Å². The summed E-state index contributed by atoms with van der Waals surface area (Å²) in [4.78, 5) is 51.3. The second kappa shape index (κ2) is 54.7. The van der Waals surface area contributed by atoms with Crippen LogP contribution in [0.3, 0.4) is 0 Å². The SMILES string of the molecule is CC/C=C\C/C=C\C/C=C\CCCCCCCC(=O)OCC(COC1OC(C(=O)O)C(O)C(O)C1OC(=O)CCCCCCCCCCC/C=C\CCCCCCCC)OC(=O)CCCCCCC/C=C\C/C=C\CCCCC. The fourth-order valence-electron chi connectivity index (χ4n) is 9.35. The zero-order valence-electron chi connectivity index (χ0n) is 50.1. The summed E-state index contributed by atoms with van der Waals surface area (Å²) in [5.41, 5.74) is 0. The monoisotopic (exact) mass is 1110 g/mol. The predicted molar refractivity (Wildman–Crippen MR) is 322 cm³/mol. The predicted octanol–water partition coefficient (Wildman–Crippen LogP) is 16.9. The maximum absolute atomic E-state index is 13.2. The van der Waals surface area contributed by atoms with Gasteiger partial charge >= 0.3 is 23.9 Å². The van der Waals surface area contributed by atoms with Crippen LogP contribution >= 0.6 is 0 Å². The summed E-state index contributed by atoms with van der Waals surface area (Å²) in [6.45, 7) is 5.85. The summed E-state index contributed by atoms with van der Waals surface area (Å²) in [5, 5.41) is 31.6. The molecule has 6 atom stereocenters. The van der Waals surface area contributed by atoms with E-state index in [0.717, 1.165) is 128 Å². The first kappa shape index (κ1) is 73.2. The summed E-state index contributed by atoms with van der Waals surface area (Å²) in [7, 11) is 0. The highest BCUT2D eigenvalue weighted by Crippen LogP contribution is 2.27. The number of hydrogen-bond acceptors (Lipinski definition) is 11. The number of carboxylic acid groups (broad SMARTS) is 1. The van der Waals surface area contributed by atoms with Gasteiger partial charge in [-0.1, -0.05) is 222 Å². The highest BCUT2D eigenvalue weighted by atomic mass is 16.7. The molecule has 1 aliphatic heterocycles. The lowest BCUT2D eigenvalue weighted by Crippen LogP contribution is -2.61. The van der Waals surface area contributed by atoms with E-state index < -0.39 is 67.3 Å². The first-order chi connectivity index (χ1) is 38.6. The molecule has 1 aliphatic rings. The number of aliphatic hydroxyl groups is 2. The van der Waals surface area contributed by atoms with Crippen LogP contribution in [0.4, 0.5) is 0 Å². The van der Waals surface area contributed by atoms with Crippen molar-refractivity contribution in [3.8, 4) is 0 Å². The molecule has 0 aromatic heterocycles. The fraction of sp³-hybridized carbons (Fsp3) is 0.761. The van der Waals surface area contributed by atoms with Crippen molar-refractivity contribution in [1.82, 2.24) is 0 Å². The molecule has 0 aliphatic carbocycles. The summed E-state index contributed by atoms with van der Waals surface area (Å²) in [5.74, 6) is -3.15. The number of allylic oxidation sites excluding steroid dienone is 12. The largest absolute Gasteiger partial charge is 0.479 e. The Bertz CT molecular complexity index is 1650. The summed E-state index contributed by atoms with van der Waals surface area (Å²) in [6, 6.07) is 0. The van der Waals surface area contributed by atoms with Crippen molar-refractivity contribution in [1.29, 1.82) is 0 Å². The summed E-state index contributed by atoms with van der Waals surface area (Å²) in [6.07, 6.45) is 57.1. The molecule has 0 saturated carbocycles. The Hall–Kier alpha value is -3.84. The molecule has 0 spiro atoms.